The summed E-state index contributed by atoms with van der Waals surface area (Å²) in [4.78, 5) is 0. The van der Waals surface area contributed by atoms with Crippen molar-refractivity contribution in [2.45, 2.75) is 52.2 Å². The minimum absolute atomic E-state index is 0.202. The van der Waals surface area contributed by atoms with Crippen LogP contribution in [0, 0.1) is 0 Å². The van der Waals surface area contributed by atoms with Crippen molar-refractivity contribution < 1.29 is 9.47 Å². The van der Waals surface area contributed by atoms with Crippen LogP contribution >= 0.6 is 0 Å². The van der Waals surface area contributed by atoms with E-state index in [2.05, 4.69) is 51.2 Å². The topological polar surface area (TPSA) is 30.5 Å². The molecule has 0 fully saturated rings. The Morgan fingerprint density at radius 3 is 2.85 bits per heavy atom. The second-order valence-electron chi connectivity index (χ2n) is 5.89. The van der Waals surface area contributed by atoms with Crippen molar-refractivity contribution in [3.63, 3.8) is 0 Å². The molecule has 0 amide bonds. The first kappa shape index (κ1) is 15.3. The predicted molar refractivity (Wildman–Crippen MR) is 82.4 cm³/mol. The molecule has 1 aliphatic heterocycles. The van der Waals surface area contributed by atoms with E-state index in [1.165, 1.54) is 11.1 Å². The second-order valence-corrected chi connectivity index (χ2v) is 5.89. The third kappa shape index (κ3) is 3.33. The van der Waals surface area contributed by atoms with Gasteiger partial charge < -0.3 is 14.8 Å². The molecule has 1 heterocycles. The van der Waals surface area contributed by atoms with Crippen LogP contribution in [0.1, 0.15) is 51.3 Å². The molecule has 1 aliphatic rings. The molecule has 2 rings (SSSR count). The van der Waals surface area contributed by atoms with Crippen molar-refractivity contribution in [1.82, 2.24) is 5.32 Å². The van der Waals surface area contributed by atoms with E-state index in [1.807, 2.05) is 0 Å². The van der Waals surface area contributed by atoms with E-state index in [-0.39, 0.29) is 11.6 Å². The van der Waals surface area contributed by atoms with Crippen LogP contribution in [0.3, 0.4) is 0 Å². The lowest BCUT2D eigenvalue weighted by Gasteiger charge is -2.35. The molecule has 0 aliphatic carbocycles. The van der Waals surface area contributed by atoms with Gasteiger partial charge in [-0.05, 0) is 50.9 Å². The summed E-state index contributed by atoms with van der Waals surface area (Å²) in [5.74, 6) is 1.04. The molecule has 20 heavy (non-hydrogen) atoms. The van der Waals surface area contributed by atoms with E-state index in [0.29, 0.717) is 0 Å². The maximum Gasteiger partial charge on any atom is 0.122 e. The molecular weight excluding hydrogens is 250 g/mol. The maximum absolute atomic E-state index is 5.97. The number of fused-ring (bicyclic) bond motifs is 1. The number of hydrogen-bond donors (Lipinski definition) is 1. The molecule has 0 spiro atoms. The van der Waals surface area contributed by atoms with E-state index in [4.69, 9.17) is 9.47 Å². The number of benzene rings is 1. The number of nitrogens with one attached hydrogen (secondary N) is 1. The molecular formula is C17H27NO2. The monoisotopic (exact) mass is 277 g/mol. The number of ether oxygens (including phenoxy) is 2. The molecule has 0 aromatic heterocycles. The normalized spacial score (nSPS) is 15.8. The fourth-order valence-electron chi connectivity index (χ4n) is 2.90. The Morgan fingerprint density at radius 2 is 2.15 bits per heavy atom. The maximum atomic E-state index is 5.97. The molecule has 1 atom stereocenters. The van der Waals surface area contributed by atoms with Crippen LogP contribution in [0.25, 0.3) is 0 Å². The quantitative estimate of drug-likeness (QED) is 0.827. The highest BCUT2D eigenvalue weighted by molar-refractivity contribution is 5.41. The van der Waals surface area contributed by atoms with Crippen molar-refractivity contribution in [3.05, 3.63) is 29.3 Å². The van der Waals surface area contributed by atoms with Gasteiger partial charge in [-0.25, -0.2) is 0 Å². The van der Waals surface area contributed by atoms with Gasteiger partial charge in [0.25, 0.3) is 0 Å². The third-order valence-electron chi connectivity index (χ3n) is 3.86. The minimum atomic E-state index is -0.225. The van der Waals surface area contributed by atoms with Gasteiger partial charge in [0.15, 0.2) is 0 Å². The van der Waals surface area contributed by atoms with Crippen LogP contribution in [-0.2, 0) is 11.2 Å². The van der Waals surface area contributed by atoms with Gasteiger partial charge in [0.05, 0.1) is 18.2 Å². The van der Waals surface area contributed by atoms with Gasteiger partial charge in [0.2, 0.25) is 0 Å². The van der Waals surface area contributed by atoms with Crippen molar-refractivity contribution >= 4 is 0 Å². The lowest BCUT2D eigenvalue weighted by molar-refractivity contribution is -0.0391. The van der Waals surface area contributed by atoms with Crippen molar-refractivity contribution in [3.8, 4) is 5.75 Å². The Morgan fingerprint density at radius 1 is 1.35 bits per heavy atom. The van der Waals surface area contributed by atoms with E-state index in [1.54, 1.807) is 0 Å². The lowest BCUT2D eigenvalue weighted by Crippen LogP contribution is -2.42. The number of rotatable bonds is 7. The van der Waals surface area contributed by atoms with E-state index < -0.39 is 0 Å². The van der Waals surface area contributed by atoms with Crippen molar-refractivity contribution in [2.24, 2.45) is 0 Å². The van der Waals surface area contributed by atoms with Gasteiger partial charge in [0, 0.05) is 13.0 Å². The summed E-state index contributed by atoms with van der Waals surface area (Å²) in [6.07, 6.45) is 2.13. The van der Waals surface area contributed by atoms with Gasteiger partial charge in [-0.2, -0.15) is 0 Å². The van der Waals surface area contributed by atoms with Crippen LogP contribution in [-0.4, -0.2) is 25.4 Å². The van der Waals surface area contributed by atoms with Crippen molar-refractivity contribution in [2.75, 3.05) is 19.8 Å². The first-order valence-corrected chi connectivity index (χ1v) is 7.71. The molecule has 3 heteroatoms. The first-order valence-electron chi connectivity index (χ1n) is 7.71. The lowest BCUT2D eigenvalue weighted by atomic mass is 9.90. The summed E-state index contributed by atoms with van der Waals surface area (Å²) in [5, 5.41) is 3.64. The highest BCUT2D eigenvalue weighted by Gasteiger charge is 2.31. The minimum Gasteiger partial charge on any atom is -0.493 e. The van der Waals surface area contributed by atoms with Gasteiger partial charge in [-0.15, -0.1) is 0 Å². The summed E-state index contributed by atoms with van der Waals surface area (Å²) >= 11 is 0. The standard InChI is InChI=1S/C17H27NO2/c1-5-10-18-16(17(3,4)20-6-2)14-7-8-15-13(12-14)9-11-19-15/h7-8,12,16,18H,5-6,9-11H2,1-4H3. The van der Waals surface area contributed by atoms with E-state index >= 15 is 0 Å². The first-order chi connectivity index (χ1) is 9.58. The summed E-state index contributed by atoms with van der Waals surface area (Å²) < 4.78 is 11.6. The Balaban J connectivity index is 2.25. The molecule has 1 N–H and O–H groups in total. The Kier molecular flexibility index (Phi) is 5.06. The van der Waals surface area contributed by atoms with Crippen molar-refractivity contribution in [1.29, 1.82) is 0 Å². The largest absolute Gasteiger partial charge is 0.493 e. The summed E-state index contributed by atoms with van der Waals surface area (Å²) in [7, 11) is 0. The van der Waals surface area contributed by atoms with Crippen LogP contribution in [0.2, 0.25) is 0 Å². The average molecular weight is 277 g/mol. The van der Waals surface area contributed by atoms with E-state index in [9.17, 15) is 0 Å². The number of hydrogen-bond acceptors (Lipinski definition) is 3. The zero-order chi connectivity index (χ0) is 14.6. The Bertz CT molecular complexity index is 443. The van der Waals surface area contributed by atoms with Crippen LogP contribution in [0.5, 0.6) is 5.75 Å². The fraction of sp³-hybridized carbons (Fsp3) is 0.647. The summed E-state index contributed by atoms with van der Waals surface area (Å²) in [6, 6.07) is 6.74. The van der Waals surface area contributed by atoms with Crippen LogP contribution in [0.15, 0.2) is 18.2 Å². The van der Waals surface area contributed by atoms with Gasteiger partial charge in [-0.1, -0.05) is 19.1 Å². The predicted octanol–water partition coefficient (Wildman–Crippen LogP) is 3.48. The van der Waals surface area contributed by atoms with Gasteiger partial charge >= 0.3 is 0 Å². The SMILES string of the molecule is CCCNC(c1ccc2c(c1)CCO2)C(C)(C)OCC. The molecule has 3 nitrogen and oxygen atoms in total. The summed E-state index contributed by atoms with van der Waals surface area (Å²) in [5.41, 5.74) is 2.39. The highest BCUT2D eigenvalue weighted by Crippen LogP contribution is 2.33. The smallest absolute Gasteiger partial charge is 0.122 e. The molecule has 0 saturated heterocycles. The average Bonchev–Trinajstić information content (AvgIpc) is 2.86. The molecule has 1 aromatic rings. The molecule has 1 aromatic carbocycles. The molecule has 0 saturated carbocycles. The third-order valence-corrected chi connectivity index (χ3v) is 3.86. The zero-order valence-corrected chi connectivity index (χ0v) is 13.2. The van der Waals surface area contributed by atoms with Crippen LogP contribution < -0.4 is 10.1 Å². The zero-order valence-electron chi connectivity index (χ0n) is 13.2. The summed E-state index contributed by atoms with van der Waals surface area (Å²) in [6.45, 7) is 11.1. The Labute approximate surface area is 122 Å². The van der Waals surface area contributed by atoms with Gasteiger partial charge in [0.1, 0.15) is 5.75 Å². The highest BCUT2D eigenvalue weighted by atomic mass is 16.5. The molecule has 1 unspecified atom stereocenters. The Hall–Kier alpha value is -1.06. The van der Waals surface area contributed by atoms with Gasteiger partial charge in [-0.3, -0.25) is 0 Å². The fourth-order valence-corrected chi connectivity index (χ4v) is 2.90. The molecule has 0 radical (unpaired) electrons. The van der Waals surface area contributed by atoms with E-state index in [0.717, 1.165) is 38.3 Å². The molecule has 0 bridgehead atoms. The second kappa shape index (κ2) is 6.59. The molecule has 112 valence electrons. The van der Waals surface area contributed by atoms with Crippen LogP contribution in [0.4, 0.5) is 0 Å².